The first-order valence-corrected chi connectivity index (χ1v) is 3.34. The van der Waals surface area contributed by atoms with Crippen molar-refractivity contribution in [3.05, 3.63) is 29.8 Å². The van der Waals surface area contributed by atoms with Gasteiger partial charge in [0.2, 0.25) is 0 Å². The molecule has 0 aliphatic rings. The third kappa shape index (κ3) is 2.25. The zero-order valence-electron chi connectivity index (χ0n) is 6.23. The van der Waals surface area contributed by atoms with E-state index in [1.54, 1.807) is 12.1 Å². The van der Waals surface area contributed by atoms with Gasteiger partial charge in [-0.1, -0.05) is 12.1 Å². The number of benzene rings is 1. The Hall–Kier alpha value is -1.55. The van der Waals surface area contributed by atoms with Crippen LogP contribution in [-0.2, 0) is 16.1 Å². The van der Waals surface area contributed by atoms with Crippen molar-refractivity contribution >= 4 is 5.97 Å². The Labute approximate surface area is 69.0 Å². The molecule has 2 N–H and O–H groups in total. The fraction of sp³-hybridized carbons (Fsp3) is 0.125. The summed E-state index contributed by atoms with van der Waals surface area (Å²) in [5.41, 5.74) is 0.673. The molecule has 0 fully saturated rings. The number of phenols is 1. The lowest BCUT2D eigenvalue weighted by molar-refractivity contribution is -0.233. The predicted octanol–water partition coefficient (Wildman–Crippen LogP) is 0.951. The summed E-state index contributed by atoms with van der Waals surface area (Å²) in [7, 11) is 0. The molecule has 0 spiro atoms. The van der Waals surface area contributed by atoms with E-state index in [1.165, 1.54) is 12.1 Å². The molecule has 0 aliphatic heterocycles. The Morgan fingerprint density at radius 1 is 1.33 bits per heavy atom. The number of hydrogen-bond donors (Lipinski definition) is 2. The van der Waals surface area contributed by atoms with Gasteiger partial charge in [0.05, 0.1) is 6.42 Å². The van der Waals surface area contributed by atoms with Crippen LogP contribution in [-0.4, -0.2) is 16.3 Å². The van der Waals surface area contributed by atoms with Gasteiger partial charge >= 0.3 is 5.97 Å². The molecule has 0 aromatic heterocycles. The van der Waals surface area contributed by atoms with Gasteiger partial charge < -0.3 is 9.99 Å². The van der Waals surface area contributed by atoms with Crippen LogP contribution in [0.25, 0.3) is 0 Å². The molecule has 1 rings (SSSR count). The van der Waals surface area contributed by atoms with E-state index in [1.807, 2.05) is 0 Å². The van der Waals surface area contributed by atoms with Crippen LogP contribution in [0.4, 0.5) is 0 Å². The van der Waals surface area contributed by atoms with Crippen LogP contribution in [0, 0.1) is 0 Å². The standard InChI is InChI=1S/C8H8O4/c9-7-3-1-6(2-4-7)5-8(10)12-11/h1-4,9,11H,5H2. The summed E-state index contributed by atoms with van der Waals surface area (Å²) in [6.07, 6.45) is -0.00319. The summed E-state index contributed by atoms with van der Waals surface area (Å²) >= 11 is 0. The number of carbonyl (C=O) groups is 1. The second-order valence-electron chi connectivity index (χ2n) is 2.31. The molecule has 12 heavy (non-hydrogen) atoms. The summed E-state index contributed by atoms with van der Waals surface area (Å²) in [6.45, 7) is 0. The topological polar surface area (TPSA) is 66.8 Å². The highest BCUT2D eigenvalue weighted by atomic mass is 17.1. The van der Waals surface area contributed by atoms with Crippen molar-refractivity contribution in [1.82, 2.24) is 0 Å². The van der Waals surface area contributed by atoms with Gasteiger partial charge in [0, 0.05) is 0 Å². The number of hydrogen-bond acceptors (Lipinski definition) is 4. The number of phenolic OH excluding ortho intramolecular Hbond substituents is 1. The molecule has 0 unspecified atom stereocenters. The smallest absolute Gasteiger partial charge is 0.346 e. The first-order chi connectivity index (χ1) is 5.72. The highest BCUT2D eigenvalue weighted by Crippen LogP contribution is 2.09. The van der Waals surface area contributed by atoms with E-state index >= 15 is 0 Å². The van der Waals surface area contributed by atoms with Crippen molar-refractivity contribution in [1.29, 1.82) is 0 Å². The molecule has 0 atom stereocenters. The first kappa shape index (κ1) is 8.55. The summed E-state index contributed by atoms with van der Waals surface area (Å²) < 4.78 is 0. The molecular formula is C8H8O4. The lowest BCUT2D eigenvalue weighted by atomic mass is 10.1. The molecule has 0 radical (unpaired) electrons. The molecule has 4 heteroatoms. The van der Waals surface area contributed by atoms with Crippen LogP contribution in [0.2, 0.25) is 0 Å². The minimum absolute atomic E-state index is 0.00319. The lowest BCUT2D eigenvalue weighted by Gasteiger charge is -1.97. The van der Waals surface area contributed by atoms with Crippen LogP contribution < -0.4 is 0 Å². The Bertz CT molecular complexity index is 265. The molecular weight excluding hydrogens is 160 g/mol. The zero-order valence-corrected chi connectivity index (χ0v) is 6.23. The fourth-order valence-corrected chi connectivity index (χ4v) is 0.813. The molecule has 0 saturated carbocycles. The normalized spacial score (nSPS) is 9.42. The minimum atomic E-state index is -0.722. The first-order valence-electron chi connectivity index (χ1n) is 3.34. The molecule has 0 amide bonds. The van der Waals surface area contributed by atoms with Crippen molar-refractivity contribution in [3.63, 3.8) is 0 Å². The van der Waals surface area contributed by atoms with E-state index in [9.17, 15) is 4.79 Å². The van der Waals surface area contributed by atoms with E-state index < -0.39 is 5.97 Å². The van der Waals surface area contributed by atoms with Gasteiger partial charge in [0.15, 0.2) is 0 Å². The van der Waals surface area contributed by atoms with Gasteiger partial charge in [-0.15, -0.1) is 0 Å². The Balaban J connectivity index is 2.64. The van der Waals surface area contributed by atoms with Crippen molar-refractivity contribution < 1.29 is 20.0 Å². The zero-order chi connectivity index (χ0) is 8.97. The summed E-state index contributed by atoms with van der Waals surface area (Å²) in [4.78, 5) is 14.0. The third-order valence-electron chi connectivity index (χ3n) is 1.39. The van der Waals surface area contributed by atoms with Crippen molar-refractivity contribution in [2.75, 3.05) is 0 Å². The fourth-order valence-electron chi connectivity index (χ4n) is 0.813. The van der Waals surface area contributed by atoms with Gasteiger partial charge in [0.25, 0.3) is 0 Å². The van der Waals surface area contributed by atoms with E-state index in [0.717, 1.165) is 0 Å². The number of carbonyl (C=O) groups excluding carboxylic acids is 1. The highest BCUT2D eigenvalue weighted by molar-refractivity contribution is 5.71. The molecule has 1 aromatic rings. The van der Waals surface area contributed by atoms with Gasteiger partial charge in [-0.2, -0.15) is 5.26 Å². The maximum Gasteiger partial charge on any atom is 0.346 e. The maximum atomic E-state index is 10.5. The SMILES string of the molecule is O=C(Cc1ccc(O)cc1)OO. The van der Waals surface area contributed by atoms with Gasteiger partial charge in [-0.05, 0) is 17.7 Å². The molecule has 64 valence electrons. The van der Waals surface area contributed by atoms with Crippen LogP contribution in [0.1, 0.15) is 5.56 Å². The van der Waals surface area contributed by atoms with Crippen LogP contribution in [0.3, 0.4) is 0 Å². The van der Waals surface area contributed by atoms with E-state index in [4.69, 9.17) is 10.4 Å². The molecule has 4 nitrogen and oxygen atoms in total. The van der Waals surface area contributed by atoms with Crippen LogP contribution in [0.5, 0.6) is 5.75 Å². The van der Waals surface area contributed by atoms with E-state index in [0.29, 0.717) is 5.56 Å². The average Bonchev–Trinajstić information content (AvgIpc) is 2.09. The van der Waals surface area contributed by atoms with Crippen molar-refractivity contribution in [2.24, 2.45) is 0 Å². The van der Waals surface area contributed by atoms with Crippen molar-refractivity contribution in [2.45, 2.75) is 6.42 Å². The Morgan fingerprint density at radius 2 is 1.92 bits per heavy atom. The second kappa shape index (κ2) is 3.73. The van der Waals surface area contributed by atoms with Crippen molar-refractivity contribution in [3.8, 4) is 5.75 Å². The second-order valence-corrected chi connectivity index (χ2v) is 2.31. The van der Waals surface area contributed by atoms with Gasteiger partial charge in [-0.25, -0.2) is 4.79 Å². The van der Waals surface area contributed by atoms with E-state index in [-0.39, 0.29) is 12.2 Å². The summed E-state index contributed by atoms with van der Waals surface area (Å²) in [5, 5.41) is 16.8. The predicted molar refractivity (Wildman–Crippen MR) is 40.5 cm³/mol. The largest absolute Gasteiger partial charge is 0.508 e. The lowest BCUT2D eigenvalue weighted by Crippen LogP contribution is -2.04. The quantitative estimate of drug-likeness (QED) is 0.509. The maximum absolute atomic E-state index is 10.5. The summed E-state index contributed by atoms with van der Waals surface area (Å²) in [5.74, 6) is -0.586. The van der Waals surface area contributed by atoms with E-state index in [2.05, 4.69) is 4.89 Å². The van der Waals surface area contributed by atoms with Crippen LogP contribution in [0.15, 0.2) is 24.3 Å². The summed E-state index contributed by atoms with van der Waals surface area (Å²) in [6, 6.07) is 6.07. The Kier molecular flexibility index (Phi) is 2.66. The monoisotopic (exact) mass is 168 g/mol. The van der Waals surface area contributed by atoms with Crippen LogP contribution >= 0.6 is 0 Å². The highest BCUT2D eigenvalue weighted by Gasteiger charge is 2.03. The average molecular weight is 168 g/mol. The molecule has 0 heterocycles. The molecule has 0 aliphatic carbocycles. The Morgan fingerprint density at radius 3 is 2.42 bits per heavy atom. The molecule has 0 saturated heterocycles. The van der Waals surface area contributed by atoms with Gasteiger partial charge in [-0.3, -0.25) is 0 Å². The molecule has 1 aromatic carbocycles. The number of rotatable bonds is 2. The third-order valence-corrected chi connectivity index (χ3v) is 1.39. The minimum Gasteiger partial charge on any atom is -0.508 e. The van der Waals surface area contributed by atoms with Gasteiger partial charge in [0.1, 0.15) is 5.75 Å². The molecule has 0 bridgehead atoms. The number of aromatic hydroxyl groups is 1.